The summed E-state index contributed by atoms with van der Waals surface area (Å²) in [5, 5.41) is 11.0. The van der Waals surface area contributed by atoms with Crippen LogP contribution < -0.4 is 5.32 Å². The molecule has 2 N–H and O–H groups in total. The largest absolute Gasteiger partial charge is 0.480 e. The Hall–Kier alpha value is -0.610. The molecule has 0 aliphatic carbocycles. The summed E-state index contributed by atoms with van der Waals surface area (Å²) in [5.74, 6) is -0.844. The molecule has 1 atom stereocenters. The Morgan fingerprint density at radius 3 is 2.80 bits per heavy atom. The number of rotatable bonds is 5. The van der Waals surface area contributed by atoms with Crippen molar-refractivity contribution >= 4 is 5.97 Å². The van der Waals surface area contributed by atoms with Crippen molar-refractivity contribution < 1.29 is 14.6 Å². The molecule has 0 amide bonds. The molecule has 0 rings (SSSR count). The zero-order chi connectivity index (χ0) is 7.98. The van der Waals surface area contributed by atoms with Gasteiger partial charge in [-0.25, -0.2) is 0 Å². The van der Waals surface area contributed by atoms with Gasteiger partial charge in [0.2, 0.25) is 0 Å². The van der Waals surface area contributed by atoms with Crippen LogP contribution in [0.25, 0.3) is 0 Å². The molecule has 4 heteroatoms. The van der Waals surface area contributed by atoms with Crippen molar-refractivity contribution in [2.45, 2.75) is 13.0 Å². The third-order valence-electron chi connectivity index (χ3n) is 1.02. The van der Waals surface area contributed by atoms with Crippen LogP contribution >= 0.6 is 0 Å². The van der Waals surface area contributed by atoms with Gasteiger partial charge in [0.1, 0.15) is 0 Å². The molecule has 10 heavy (non-hydrogen) atoms. The average molecular weight is 147 g/mol. The van der Waals surface area contributed by atoms with Gasteiger partial charge in [-0.15, -0.1) is 0 Å². The summed E-state index contributed by atoms with van der Waals surface area (Å²) in [6, 6.07) is 0.0982. The summed E-state index contributed by atoms with van der Waals surface area (Å²) < 4.78 is 4.78. The Morgan fingerprint density at radius 1 is 1.80 bits per heavy atom. The van der Waals surface area contributed by atoms with Crippen molar-refractivity contribution in [3.8, 4) is 0 Å². The van der Waals surface area contributed by atoms with E-state index in [4.69, 9.17) is 9.84 Å². The maximum Gasteiger partial charge on any atom is 0.317 e. The van der Waals surface area contributed by atoms with Crippen molar-refractivity contribution in [1.82, 2.24) is 5.32 Å². The van der Waals surface area contributed by atoms with Gasteiger partial charge in [-0.05, 0) is 6.92 Å². The van der Waals surface area contributed by atoms with Crippen LogP contribution in [0.5, 0.6) is 0 Å². The zero-order valence-corrected chi connectivity index (χ0v) is 6.26. The monoisotopic (exact) mass is 147 g/mol. The molecule has 0 aliphatic heterocycles. The molecule has 0 aromatic heterocycles. The maximum absolute atomic E-state index is 10.0. The highest BCUT2D eigenvalue weighted by Gasteiger charge is 2.01. The highest BCUT2D eigenvalue weighted by Crippen LogP contribution is 1.79. The fraction of sp³-hybridized carbons (Fsp3) is 0.833. The van der Waals surface area contributed by atoms with Crippen molar-refractivity contribution in [3.05, 3.63) is 0 Å². The molecule has 4 nitrogen and oxygen atoms in total. The van der Waals surface area contributed by atoms with Gasteiger partial charge in [-0.3, -0.25) is 4.79 Å². The van der Waals surface area contributed by atoms with Crippen LogP contribution in [0.2, 0.25) is 0 Å². The molecule has 60 valence electrons. The summed E-state index contributed by atoms with van der Waals surface area (Å²) in [5.41, 5.74) is 0. The quantitative estimate of drug-likeness (QED) is 0.560. The third kappa shape index (κ3) is 5.53. The van der Waals surface area contributed by atoms with Crippen LogP contribution in [0.3, 0.4) is 0 Å². The Balaban J connectivity index is 3.21. The number of hydrogen-bond acceptors (Lipinski definition) is 3. The number of ether oxygens (including phenoxy) is 1. The van der Waals surface area contributed by atoms with Crippen LogP contribution in [-0.2, 0) is 9.53 Å². The van der Waals surface area contributed by atoms with E-state index in [2.05, 4.69) is 5.32 Å². The normalized spacial score (nSPS) is 13.0. The second-order valence-corrected chi connectivity index (χ2v) is 2.13. The zero-order valence-electron chi connectivity index (χ0n) is 6.26. The van der Waals surface area contributed by atoms with Gasteiger partial charge >= 0.3 is 5.97 Å². The first-order valence-corrected chi connectivity index (χ1v) is 3.11. The van der Waals surface area contributed by atoms with Gasteiger partial charge in [0.05, 0.1) is 13.2 Å². The minimum absolute atomic E-state index is 0.00940. The SMILES string of the molecule is COCC(C)NCC(=O)O. The summed E-state index contributed by atoms with van der Waals surface area (Å²) >= 11 is 0. The van der Waals surface area contributed by atoms with Crippen LogP contribution in [0, 0.1) is 0 Å². The van der Waals surface area contributed by atoms with Crippen LogP contribution in [-0.4, -0.2) is 37.4 Å². The molecule has 0 saturated heterocycles. The Bertz CT molecular complexity index is 105. The van der Waals surface area contributed by atoms with E-state index in [1.165, 1.54) is 0 Å². The number of carboxylic acids is 1. The number of aliphatic carboxylic acids is 1. The third-order valence-corrected chi connectivity index (χ3v) is 1.02. The molecular weight excluding hydrogens is 134 g/mol. The minimum atomic E-state index is -0.844. The molecular formula is C6H13NO3. The highest BCUT2D eigenvalue weighted by molar-refractivity contribution is 5.69. The lowest BCUT2D eigenvalue weighted by Gasteiger charge is -2.09. The van der Waals surface area contributed by atoms with E-state index < -0.39 is 5.97 Å². The lowest BCUT2D eigenvalue weighted by Crippen LogP contribution is -2.34. The van der Waals surface area contributed by atoms with Crippen LogP contribution in [0.4, 0.5) is 0 Å². The summed E-state index contributed by atoms with van der Waals surface area (Å²) in [6.45, 7) is 2.39. The smallest absolute Gasteiger partial charge is 0.317 e. The number of nitrogens with one attached hydrogen (secondary N) is 1. The molecule has 0 bridgehead atoms. The van der Waals surface area contributed by atoms with Gasteiger partial charge in [-0.1, -0.05) is 0 Å². The Kier molecular flexibility index (Phi) is 4.88. The lowest BCUT2D eigenvalue weighted by atomic mass is 10.3. The molecule has 0 saturated carbocycles. The minimum Gasteiger partial charge on any atom is -0.480 e. The first kappa shape index (κ1) is 9.39. The molecule has 0 aromatic carbocycles. The molecule has 0 radical (unpaired) electrons. The predicted octanol–water partition coefficient (Wildman–Crippen LogP) is -0.305. The van der Waals surface area contributed by atoms with Crippen molar-refractivity contribution in [3.63, 3.8) is 0 Å². The molecule has 0 fully saturated rings. The van der Waals surface area contributed by atoms with E-state index in [9.17, 15) is 4.79 Å². The molecule has 1 unspecified atom stereocenters. The van der Waals surface area contributed by atoms with E-state index in [1.807, 2.05) is 6.92 Å². The van der Waals surface area contributed by atoms with E-state index in [1.54, 1.807) is 7.11 Å². The summed E-state index contributed by atoms with van der Waals surface area (Å²) in [4.78, 5) is 10.0. The van der Waals surface area contributed by atoms with E-state index in [0.717, 1.165) is 0 Å². The fourth-order valence-corrected chi connectivity index (χ4v) is 0.570. The Morgan fingerprint density at radius 2 is 2.40 bits per heavy atom. The van der Waals surface area contributed by atoms with Gasteiger partial charge in [0, 0.05) is 13.2 Å². The van der Waals surface area contributed by atoms with Gasteiger partial charge < -0.3 is 15.2 Å². The molecule has 0 heterocycles. The van der Waals surface area contributed by atoms with Crippen molar-refractivity contribution in [1.29, 1.82) is 0 Å². The maximum atomic E-state index is 10.0. The van der Waals surface area contributed by atoms with Crippen LogP contribution in [0.1, 0.15) is 6.92 Å². The Labute approximate surface area is 60.2 Å². The summed E-state index contributed by atoms with van der Waals surface area (Å²) in [7, 11) is 1.58. The second kappa shape index (κ2) is 5.20. The highest BCUT2D eigenvalue weighted by atomic mass is 16.5. The van der Waals surface area contributed by atoms with E-state index in [0.29, 0.717) is 6.61 Å². The molecule has 0 aliphatic rings. The van der Waals surface area contributed by atoms with Gasteiger partial charge in [0.15, 0.2) is 0 Å². The number of methoxy groups -OCH3 is 1. The average Bonchev–Trinajstić information content (AvgIpc) is 1.85. The molecule has 0 aromatic rings. The standard InChI is InChI=1S/C6H13NO3/c1-5(4-10-2)7-3-6(8)9/h5,7H,3-4H2,1-2H3,(H,8,9). The summed E-state index contributed by atoms with van der Waals surface area (Å²) in [6.07, 6.45) is 0. The number of hydrogen-bond donors (Lipinski definition) is 2. The predicted molar refractivity (Wildman–Crippen MR) is 37.0 cm³/mol. The number of carbonyl (C=O) groups is 1. The topological polar surface area (TPSA) is 58.6 Å². The van der Waals surface area contributed by atoms with Gasteiger partial charge in [0.25, 0.3) is 0 Å². The van der Waals surface area contributed by atoms with Crippen LogP contribution in [0.15, 0.2) is 0 Å². The van der Waals surface area contributed by atoms with Crippen molar-refractivity contribution in [2.24, 2.45) is 0 Å². The lowest BCUT2D eigenvalue weighted by molar-refractivity contribution is -0.136. The van der Waals surface area contributed by atoms with E-state index >= 15 is 0 Å². The fourth-order valence-electron chi connectivity index (χ4n) is 0.570. The van der Waals surface area contributed by atoms with Crippen molar-refractivity contribution in [2.75, 3.05) is 20.3 Å². The first-order valence-electron chi connectivity index (χ1n) is 3.11. The number of carboxylic acid groups (broad SMARTS) is 1. The van der Waals surface area contributed by atoms with E-state index in [-0.39, 0.29) is 12.6 Å². The van der Waals surface area contributed by atoms with Gasteiger partial charge in [-0.2, -0.15) is 0 Å². The molecule has 0 spiro atoms. The second-order valence-electron chi connectivity index (χ2n) is 2.13. The first-order chi connectivity index (χ1) is 4.66.